The van der Waals surface area contributed by atoms with Gasteiger partial charge >= 0.3 is 5.69 Å². The molecule has 0 saturated carbocycles. The summed E-state index contributed by atoms with van der Waals surface area (Å²) < 4.78 is 18.0. The summed E-state index contributed by atoms with van der Waals surface area (Å²) in [5.41, 5.74) is -1.59. The van der Waals surface area contributed by atoms with Crippen LogP contribution in [0.2, 0.25) is 0 Å². The molecule has 20 heavy (non-hydrogen) atoms. The monoisotopic (exact) mass is 284 g/mol. The second kappa shape index (κ2) is 4.52. The van der Waals surface area contributed by atoms with Crippen molar-refractivity contribution in [2.24, 2.45) is 0 Å². The molecule has 0 spiro atoms. The summed E-state index contributed by atoms with van der Waals surface area (Å²) in [5, 5.41) is 9.55. The van der Waals surface area contributed by atoms with Gasteiger partial charge in [-0.05, 0) is 6.92 Å². The average Bonchev–Trinajstić information content (AvgIpc) is 2.95. The Hall–Kier alpha value is -1.48. The van der Waals surface area contributed by atoms with Crippen molar-refractivity contribution < 1.29 is 19.3 Å². The number of ether oxygens (including phenoxy) is 3. The van der Waals surface area contributed by atoms with Crippen molar-refractivity contribution >= 4 is 0 Å². The third kappa shape index (κ3) is 1.69. The summed E-state index contributed by atoms with van der Waals surface area (Å²) in [6, 6.07) is 0. The number of aromatic nitrogens is 2. The summed E-state index contributed by atoms with van der Waals surface area (Å²) in [7, 11) is 1.50. The minimum atomic E-state index is -0.965. The van der Waals surface area contributed by atoms with Crippen molar-refractivity contribution in [3.8, 4) is 0 Å². The highest BCUT2D eigenvalue weighted by Crippen LogP contribution is 2.45. The number of hydrogen-bond donors (Lipinski definition) is 2. The minimum Gasteiger partial charge on any atom is -0.393 e. The third-order valence-electron chi connectivity index (χ3n) is 3.92. The molecule has 4 atom stereocenters. The predicted molar refractivity (Wildman–Crippen MR) is 66.5 cm³/mol. The lowest BCUT2D eigenvalue weighted by atomic mass is 10.0. The van der Waals surface area contributed by atoms with Gasteiger partial charge < -0.3 is 19.3 Å². The Morgan fingerprint density at radius 1 is 1.60 bits per heavy atom. The topological polar surface area (TPSA) is 103 Å². The second-order valence-corrected chi connectivity index (χ2v) is 5.14. The van der Waals surface area contributed by atoms with E-state index in [0.717, 1.165) is 0 Å². The van der Waals surface area contributed by atoms with Crippen molar-refractivity contribution in [2.75, 3.05) is 20.3 Å². The Labute approximate surface area is 113 Å². The van der Waals surface area contributed by atoms with E-state index in [1.807, 2.05) is 0 Å². The van der Waals surface area contributed by atoms with Gasteiger partial charge in [-0.1, -0.05) is 0 Å². The first-order valence-electron chi connectivity index (χ1n) is 6.27. The van der Waals surface area contributed by atoms with Crippen LogP contribution in [0, 0.1) is 6.92 Å². The number of aryl methyl sites for hydroxylation is 1. The van der Waals surface area contributed by atoms with Gasteiger partial charge in [-0.25, -0.2) is 4.79 Å². The van der Waals surface area contributed by atoms with Crippen LogP contribution in [-0.4, -0.2) is 52.8 Å². The molecule has 2 aliphatic heterocycles. The maximum atomic E-state index is 11.9. The van der Waals surface area contributed by atoms with Crippen molar-refractivity contribution in [3.63, 3.8) is 0 Å². The van der Waals surface area contributed by atoms with Crippen LogP contribution in [0.25, 0.3) is 0 Å². The number of rotatable bonds is 3. The van der Waals surface area contributed by atoms with Crippen LogP contribution in [0.5, 0.6) is 0 Å². The molecular formula is C12H16N2O6. The SMILES string of the molecule is CO[C@@H]1C2OC[C@]1(CO)O[C@H]2n1cc(C)c(=O)[nH]c1=O. The van der Waals surface area contributed by atoms with Crippen LogP contribution in [0.15, 0.2) is 15.8 Å². The lowest BCUT2D eigenvalue weighted by molar-refractivity contribution is -0.188. The normalized spacial score (nSPS) is 35.6. The predicted octanol–water partition coefficient (Wildman–Crippen LogP) is -1.48. The second-order valence-electron chi connectivity index (χ2n) is 5.14. The summed E-state index contributed by atoms with van der Waals surface area (Å²) in [4.78, 5) is 25.5. The standard InChI is InChI=1S/C12H16N2O6/c1-6-3-14(11(17)13-9(6)16)10-7-8(18-2)12(4-15,20-10)5-19-7/h3,7-8,10,15H,4-5H2,1-2H3,(H,13,16,17)/t7?,8-,10-,12+/m1/s1. The van der Waals surface area contributed by atoms with Crippen molar-refractivity contribution in [3.05, 3.63) is 32.6 Å². The van der Waals surface area contributed by atoms with Crippen LogP contribution in [0.3, 0.4) is 0 Å². The number of aliphatic hydroxyl groups is 1. The molecule has 8 heteroatoms. The van der Waals surface area contributed by atoms with Crippen molar-refractivity contribution in [1.82, 2.24) is 9.55 Å². The molecule has 0 radical (unpaired) electrons. The smallest absolute Gasteiger partial charge is 0.330 e. The summed E-state index contributed by atoms with van der Waals surface area (Å²) in [6.07, 6.45) is -0.274. The quantitative estimate of drug-likeness (QED) is 0.701. The van der Waals surface area contributed by atoms with E-state index >= 15 is 0 Å². The van der Waals surface area contributed by atoms with E-state index in [9.17, 15) is 14.7 Å². The maximum absolute atomic E-state index is 11.9. The molecule has 1 aromatic rings. The number of aromatic amines is 1. The zero-order chi connectivity index (χ0) is 14.5. The summed E-state index contributed by atoms with van der Waals surface area (Å²) in [5.74, 6) is 0. The Morgan fingerprint density at radius 3 is 2.95 bits per heavy atom. The highest BCUT2D eigenvalue weighted by Gasteiger charge is 2.62. The van der Waals surface area contributed by atoms with E-state index < -0.39 is 35.3 Å². The van der Waals surface area contributed by atoms with Gasteiger partial charge in [0.1, 0.15) is 17.8 Å². The molecule has 3 heterocycles. The molecular weight excluding hydrogens is 268 g/mol. The molecule has 0 amide bonds. The number of H-pyrrole nitrogens is 1. The molecule has 110 valence electrons. The number of methoxy groups -OCH3 is 1. The van der Waals surface area contributed by atoms with E-state index in [1.165, 1.54) is 17.9 Å². The first-order valence-corrected chi connectivity index (χ1v) is 6.27. The van der Waals surface area contributed by atoms with Crippen LogP contribution in [0.1, 0.15) is 11.8 Å². The van der Waals surface area contributed by atoms with E-state index in [-0.39, 0.29) is 13.2 Å². The van der Waals surface area contributed by atoms with E-state index in [0.29, 0.717) is 5.56 Å². The summed E-state index contributed by atoms with van der Waals surface area (Å²) >= 11 is 0. The Morgan fingerprint density at radius 2 is 2.35 bits per heavy atom. The molecule has 2 N–H and O–H groups in total. The third-order valence-corrected chi connectivity index (χ3v) is 3.92. The first kappa shape index (κ1) is 13.5. The van der Waals surface area contributed by atoms with Crippen molar-refractivity contribution in [2.45, 2.75) is 31.0 Å². The van der Waals surface area contributed by atoms with Crippen LogP contribution >= 0.6 is 0 Å². The Kier molecular flexibility index (Phi) is 3.05. The fraction of sp³-hybridized carbons (Fsp3) is 0.667. The highest BCUT2D eigenvalue weighted by molar-refractivity contribution is 5.10. The Bertz CT molecular complexity index is 638. The summed E-state index contributed by atoms with van der Waals surface area (Å²) in [6.45, 7) is 1.54. The Balaban J connectivity index is 2.04. The zero-order valence-electron chi connectivity index (χ0n) is 11.2. The number of hydrogen-bond acceptors (Lipinski definition) is 6. The van der Waals surface area contributed by atoms with E-state index in [2.05, 4.69) is 4.98 Å². The van der Waals surface area contributed by atoms with Crippen LogP contribution < -0.4 is 11.2 Å². The van der Waals surface area contributed by atoms with Gasteiger partial charge in [0.05, 0.1) is 13.2 Å². The fourth-order valence-corrected chi connectivity index (χ4v) is 2.86. The minimum absolute atomic E-state index is 0.209. The van der Waals surface area contributed by atoms with E-state index in [4.69, 9.17) is 14.2 Å². The molecule has 0 aliphatic carbocycles. The molecule has 1 aromatic heterocycles. The fourth-order valence-electron chi connectivity index (χ4n) is 2.86. The molecule has 0 aromatic carbocycles. The largest absolute Gasteiger partial charge is 0.393 e. The van der Waals surface area contributed by atoms with Crippen LogP contribution in [-0.2, 0) is 14.2 Å². The maximum Gasteiger partial charge on any atom is 0.330 e. The molecule has 1 unspecified atom stereocenters. The first-order chi connectivity index (χ1) is 9.52. The number of nitrogens with zero attached hydrogens (tertiary/aromatic N) is 1. The average molecular weight is 284 g/mol. The van der Waals surface area contributed by atoms with Gasteiger partial charge in [-0.15, -0.1) is 0 Å². The lowest BCUT2D eigenvalue weighted by Crippen LogP contribution is -2.45. The highest BCUT2D eigenvalue weighted by atomic mass is 16.7. The lowest BCUT2D eigenvalue weighted by Gasteiger charge is -2.29. The van der Waals surface area contributed by atoms with Gasteiger partial charge in [0.2, 0.25) is 0 Å². The van der Waals surface area contributed by atoms with E-state index in [1.54, 1.807) is 6.92 Å². The van der Waals surface area contributed by atoms with Gasteiger partial charge in [0, 0.05) is 18.9 Å². The van der Waals surface area contributed by atoms with Crippen molar-refractivity contribution in [1.29, 1.82) is 0 Å². The zero-order valence-corrected chi connectivity index (χ0v) is 11.2. The molecule has 8 nitrogen and oxygen atoms in total. The number of nitrogens with one attached hydrogen (secondary N) is 1. The molecule has 2 aliphatic rings. The molecule has 2 saturated heterocycles. The van der Waals surface area contributed by atoms with Gasteiger partial charge in [-0.3, -0.25) is 14.3 Å². The number of fused-ring (bicyclic) bond motifs is 2. The van der Waals surface area contributed by atoms with Gasteiger partial charge in [0.25, 0.3) is 5.56 Å². The van der Waals surface area contributed by atoms with Gasteiger partial charge in [-0.2, -0.15) is 0 Å². The number of aliphatic hydroxyl groups excluding tert-OH is 1. The molecule has 2 bridgehead atoms. The van der Waals surface area contributed by atoms with Gasteiger partial charge in [0.15, 0.2) is 6.23 Å². The molecule has 2 fully saturated rings. The molecule has 3 rings (SSSR count). The van der Waals surface area contributed by atoms with Crippen LogP contribution in [0.4, 0.5) is 0 Å².